The summed E-state index contributed by atoms with van der Waals surface area (Å²) in [7, 11) is 1.57. The molecule has 44 heavy (non-hydrogen) atoms. The monoisotopic (exact) mass is 632 g/mol. The number of carbonyl (C=O) groups excluding carboxylic acids is 3. The maximum atomic E-state index is 13.0. The van der Waals surface area contributed by atoms with Gasteiger partial charge in [0.25, 0.3) is 0 Å². The molecule has 1 aromatic heterocycles. The molecule has 10 heteroatoms. The second kappa shape index (κ2) is 14.4. The number of amides is 3. The lowest BCUT2D eigenvalue weighted by Crippen LogP contribution is -2.37. The van der Waals surface area contributed by atoms with E-state index in [4.69, 9.17) is 27.9 Å². The Morgan fingerprint density at radius 1 is 1.02 bits per heavy atom. The second-order valence-electron chi connectivity index (χ2n) is 10.7. The predicted octanol–water partition coefficient (Wildman–Crippen LogP) is 7.12. The van der Waals surface area contributed by atoms with Crippen LogP contribution in [0.25, 0.3) is 17.0 Å². The van der Waals surface area contributed by atoms with E-state index in [1.165, 1.54) is 11.0 Å². The molecular formula is C34H34Cl2N4O4. The molecule has 0 atom stereocenters. The summed E-state index contributed by atoms with van der Waals surface area (Å²) in [6.45, 7) is 7.26. The topological polar surface area (TPSA) is 101 Å². The van der Waals surface area contributed by atoms with Crippen LogP contribution in [0, 0.1) is 19.8 Å². The highest BCUT2D eigenvalue weighted by Gasteiger charge is 2.19. The lowest BCUT2D eigenvalue weighted by atomic mass is 10.1. The highest BCUT2D eigenvalue weighted by Crippen LogP contribution is 2.35. The summed E-state index contributed by atoms with van der Waals surface area (Å²) in [5.41, 5.74) is 4.91. The zero-order chi connectivity index (χ0) is 32.0. The van der Waals surface area contributed by atoms with Gasteiger partial charge >= 0.3 is 0 Å². The average molecular weight is 634 g/mol. The lowest BCUT2D eigenvalue weighted by molar-refractivity contribution is -0.122. The van der Waals surface area contributed by atoms with Crippen LogP contribution in [0.2, 0.25) is 10.0 Å². The van der Waals surface area contributed by atoms with Gasteiger partial charge < -0.3 is 20.3 Å². The molecule has 0 spiro atoms. The number of nitrogens with one attached hydrogen (secondary N) is 2. The Morgan fingerprint density at radius 3 is 2.52 bits per heavy atom. The van der Waals surface area contributed by atoms with E-state index in [0.29, 0.717) is 22.0 Å². The SMILES string of the molecule is Cc1ccc2cccc(OCc3c(Cl)ccc(N(C)C(=O)CNC(=O)C=Cc4ccc(NC(=O)C(C)C)c(C)c4)c3Cl)c2n1. The van der Waals surface area contributed by atoms with Crippen LogP contribution < -0.4 is 20.3 Å². The van der Waals surface area contributed by atoms with Crippen molar-refractivity contribution < 1.29 is 19.1 Å². The van der Waals surface area contributed by atoms with Crippen LogP contribution in [0.4, 0.5) is 11.4 Å². The lowest BCUT2D eigenvalue weighted by Gasteiger charge is -2.21. The number of hydrogen-bond donors (Lipinski definition) is 2. The number of carbonyl (C=O) groups is 3. The van der Waals surface area contributed by atoms with Gasteiger partial charge in [-0.3, -0.25) is 14.4 Å². The smallest absolute Gasteiger partial charge is 0.246 e. The first-order valence-corrected chi connectivity index (χ1v) is 14.8. The Balaban J connectivity index is 1.37. The molecule has 0 aliphatic heterocycles. The first-order valence-electron chi connectivity index (χ1n) is 14.0. The summed E-state index contributed by atoms with van der Waals surface area (Å²) < 4.78 is 6.08. The number of pyridine rings is 1. The molecule has 8 nitrogen and oxygen atoms in total. The molecule has 0 aliphatic rings. The van der Waals surface area contributed by atoms with E-state index in [1.54, 1.807) is 37.4 Å². The van der Waals surface area contributed by atoms with Crippen molar-refractivity contribution in [3.63, 3.8) is 0 Å². The number of fused-ring (bicyclic) bond motifs is 1. The maximum Gasteiger partial charge on any atom is 0.246 e. The van der Waals surface area contributed by atoms with E-state index in [2.05, 4.69) is 15.6 Å². The molecule has 0 saturated carbocycles. The van der Waals surface area contributed by atoms with Crippen LogP contribution in [-0.2, 0) is 21.0 Å². The zero-order valence-corrected chi connectivity index (χ0v) is 26.7. The van der Waals surface area contributed by atoms with Crippen LogP contribution in [-0.4, -0.2) is 36.3 Å². The number of aromatic nitrogens is 1. The maximum absolute atomic E-state index is 13.0. The number of aryl methyl sites for hydroxylation is 2. The van der Waals surface area contributed by atoms with E-state index in [9.17, 15) is 14.4 Å². The van der Waals surface area contributed by atoms with Crippen molar-refractivity contribution in [2.75, 3.05) is 23.8 Å². The van der Waals surface area contributed by atoms with Gasteiger partial charge in [0, 0.05) is 46.4 Å². The third-order valence-electron chi connectivity index (χ3n) is 6.97. The Kier molecular flexibility index (Phi) is 10.6. The van der Waals surface area contributed by atoms with Gasteiger partial charge in [0.15, 0.2) is 0 Å². The Labute approximate surface area is 267 Å². The number of anilines is 2. The van der Waals surface area contributed by atoms with Crippen molar-refractivity contribution in [3.8, 4) is 5.75 Å². The fourth-order valence-electron chi connectivity index (χ4n) is 4.31. The Bertz CT molecular complexity index is 1750. The van der Waals surface area contributed by atoms with E-state index in [0.717, 1.165) is 33.4 Å². The van der Waals surface area contributed by atoms with Gasteiger partial charge in [-0.25, -0.2) is 4.98 Å². The normalized spacial score (nSPS) is 11.2. The minimum atomic E-state index is -0.434. The summed E-state index contributed by atoms with van der Waals surface area (Å²) in [6, 6.07) is 18.3. The summed E-state index contributed by atoms with van der Waals surface area (Å²) >= 11 is 13.2. The summed E-state index contributed by atoms with van der Waals surface area (Å²) in [4.78, 5) is 43.4. The minimum Gasteiger partial charge on any atom is -0.487 e. The largest absolute Gasteiger partial charge is 0.487 e. The highest BCUT2D eigenvalue weighted by molar-refractivity contribution is 6.38. The van der Waals surface area contributed by atoms with Gasteiger partial charge in [-0.1, -0.05) is 61.3 Å². The van der Waals surface area contributed by atoms with E-state index < -0.39 is 5.91 Å². The van der Waals surface area contributed by atoms with Crippen LogP contribution in [0.15, 0.2) is 66.7 Å². The van der Waals surface area contributed by atoms with E-state index in [-0.39, 0.29) is 35.9 Å². The summed E-state index contributed by atoms with van der Waals surface area (Å²) in [6.07, 6.45) is 2.99. The van der Waals surface area contributed by atoms with Gasteiger partial charge in [-0.15, -0.1) is 0 Å². The fourth-order valence-corrected chi connectivity index (χ4v) is 4.92. The predicted molar refractivity (Wildman–Crippen MR) is 177 cm³/mol. The first-order chi connectivity index (χ1) is 20.9. The van der Waals surface area contributed by atoms with Crippen molar-refractivity contribution in [3.05, 3.63) is 99.2 Å². The number of benzene rings is 3. The molecule has 0 radical (unpaired) electrons. The molecule has 0 bridgehead atoms. The number of ether oxygens (including phenoxy) is 1. The molecule has 4 aromatic rings. The van der Waals surface area contributed by atoms with Crippen molar-refractivity contribution in [1.82, 2.24) is 10.3 Å². The van der Waals surface area contributed by atoms with Crippen molar-refractivity contribution in [2.45, 2.75) is 34.3 Å². The third kappa shape index (κ3) is 7.95. The minimum absolute atomic E-state index is 0.0638. The van der Waals surface area contributed by atoms with Crippen molar-refractivity contribution in [1.29, 1.82) is 0 Å². The van der Waals surface area contributed by atoms with E-state index in [1.807, 2.05) is 64.1 Å². The number of rotatable bonds is 10. The van der Waals surface area contributed by atoms with Gasteiger partial charge in [0.2, 0.25) is 17.7 Å². The number of likely N-dealkylation sites (N-methyl/N-ethyl adjacent to an activating group) is 1. The third-order valence-corrected chi connectivity index (χ3v) is 7.75. The number of para-hydroxylation sites is 1. The molecule has 0 saturated heterocycles. The van der Waals surface area contributed by atoms with Crippen LogP contribution in [0.1, 0.15) is 36.2 Å². The van der Waals surface area contributed by atoms with Crippen molar-refractivity contribution >= 4 is 69.3 Å². The molecule has 3 aromatic carbocycles. The number of nitrogens with zero attached hydrogens (tertiary/aromatic N) is 2. The summed E-state index contributed by atoms with van der Waals surface area (Å²) in [5.74, 6) is -0.417. The number of halogens is 2. The van der Waals surface area contributed by atoms with Crippen LogP contribution >= 0.6 is 23.2 Å². The second-order valence-corrected chi connectivity index (χ2v) is 11.4. The molecule has 1 heterocycles. The average Bonchev–Trinajstić information content (AvgIpc) is 2.99. The fraction of sp³-hybridized carbons (Fsp3) is 0.235. The standard InChI is InChI=1S/C34H34Cl2N4O4/c1-20(2)34(43)39-27-14-10-23(17-21(27)3)11-16-30(41)37-18-31(42)40(5)28-15-13-26(35)25(32(28)36)19-44-29-8-6-7-24-12-9-22(4)38-33(24)29/h6-17,20H,18-19H2,1-5H3,(H,37,41)(H,39,43). The molecule has 0 fully saturated rings. The Morgan fingerprint density at radius 2 is 1.80 bits per heavy atom. The van der Waals surface area contributed by atoms with Gasteiger partial charge in [-0.2, -0.15) is 0 Å². The van der Waals surface area contributed by atoms with E-state index >= 15 is 0 Å². The van der Waals surface area contributed by atoms with Crippen LogP contribution in [0.3, 0.4) is 0 Å². The van der Waals surface area contributed by atoms with Gasteiger partial charge in [0.1, 0.15) is 17.9 Å². The van der Waals surface area contributed by atoms with Crippen molar-refractivity contribution in [2.24, 2.45) is 5.92 Å². The molecule has 0 aliphatic carbocycles. The molecule has 2 N–H and O–H groups in total. The number of hydrogen-bond acceptors (Lipinski definition) is 5. The molecule has 3 amide bonds. The molecule has 4 rings (SSSR count). The quantitative estimate of drug-likeness (QED) is 0.181. The molecule has 228 valence electrons. The van der Waals surface area contributed by atoms with Gasteiger partial charge in [0.05, 0.1) is 17.3 Å². The first kappa shape index (κ1) is 32.5. The van der Waals surface area contributed by atoms with Crippen LogP contribution in [0.5, 0.6) is 5.75 Å². The molecular weight excluding hydrogens is 599 g/mol. The highest BCUT2D eigenvalue weighted by atomic mass is 35.5. The Hall–Kier alpha value is -4.40. The zero-order valence-electron chi connectivity index (χ0n) is 25.2. The molecule has 0 unspecified atom stereocenters. The van der Waals surface area contributed by atoms with Gasteiger partial charge in [-0.05, 0) is 67.4 Å². The summed E-state index contributed by atoms with van der Waals surface area (Å²) in [5, 5.41) is 7.10.